The van der Waals surface area contributed by atoms with Gasteiger partial charge in [0.2, 0.25) is 0 Å². The van der Waals surface area contributed by atoms with Crippen molar-refractivity contribution in [3.8, 4) is 0 Å². The van der Waals surface area contributed by atoms with Gasteiger partial charge >= 0.3 is 0 Å². The van der Waals surface area contributed by atoms with Crippen molar-refractivity contribution in [2.24, 2.45) is 45.3 Å². The summed E-state index contributed by atoms with van der Waals surface area (Å²) < 4.78 is 0. The van der Waals surface area contributed by atoms with Crippen molar-refractivity contribution < 1.29 is 25.2 Å². The van der Waals surface area contributed by atoms with Gasteiger partial charge in [-0.25, -0.2) is 0 Å². The van der Waals surface area contributed by atoms with Crippen LogP contribution in [0.25, 0.3) is 0 Å². The maximum atomic E-state index is 14.0. The van der Waals surface area contributed by atoms with Crippen molar-refractivity contribution in [3.63, 3.8) is 0 Å². The highest BCUT2D eigenvalue weighted by molar-refractivity contribution is 6.00. The molecular weight excluding hydrogens is 440 g/mol. The first-order valence-electron chi connectivity index (χ1n) is 14.0. The summed E-state index contributed by atoms with van der Waals surface area (Å²) in [4.78, 5) is 14.0. The second-order valence-corrected chi connectivity index (χ2v) is 14.9. The molecule has 0 radical (unpaired) electrons. The number of Topliss-reactive ketones (excluding diaryl/α,β-unsaturated/α-hetero) is 1. The molecule has 0 aromatic rings. The number of allylic oxidation sites excluding steroid dienone is 1. The first-order valence-corrected chi connectivity index (χ1v) is 14.0. The molecule has 10 atom stereocenters. The summed E-state index contributed by atoms with van der Waals surface area (Å²) in [6, 6.07) is 0. The van der Waals surface area contributed by atoms with Gasteiger partial charge in [0.05, 0.1) is 23.9 Å². The van der Waals surface area contributed by atoms with Crippen molar-refractivity contribution >= 4 is 5.78 Å². The van der Waals surface area contributed by atoms with E-state index in [4.69, 9.17) is 0 Å². The predicted molar refractivity (Wildman–Crippen MR) is 135 cm³/mol. The van der Waals surface area contributed by atoms with Crippen LogP contribution in [-0.4, -0.2) is 50.1 Å². The molecule has 4 N–H and O–H groups in total. The minimum Gasteiger partial charge on any atom is -0.393 e. The molecule has 5 heteroatoms. The van der Waals surface area contributed by atoms with Crippen LogP contribution in [0, 0.1) is 45.3 Å². The molecule has 5 nitrogen and oxygen atoms in total. The minimum absolute atomic E-state index is 0.0222. The molecule has 0 bridgehead atoms. The van der Waals surface area contributed by atoms with Gasteiger partial charge in [-0.3, -0.25) is 4.79 Å². The van der Waals surface area contributed by atoms with Gasteiger partial charge < -0.3 is 20.4 Å². The Balaban J connectivity index is 1.57. The molecule has 0 saturated heterocycles. The van der Waals surface area contributed by atoms with E-state index in [-0.39, 0.29) is 51.1 Å². The molecule has 0 amide bonds. The van der Waals surface area contributed by atoms with Crippen LogP contribution in [-0.2, 0) is 4.79 Å². The summed E-state index contributed by atoms with van der Waals surface area (Å²) in [5, 5.41) is 44.6. The van der Waals surface area contributed by atoms with E-state index >= 15 is 0 Å². The van der Waals surface area contributed by atoms with Crippen LogP contribution in [0.5, 0.6) is 0 Å². The Kier molecular flexibility index (Phi) is 5.65. The van der Waals surface area contributed by atoms with Crippen molar-refractivity contribution in [2.75, 3.05) is 0 Å². The Morgan fingerprint density at radius 3 is 2.17 bits per heavy atom. The Morgan fingerprint density at radius 2 is 1.57 bits per heavy atom. The van der Waals surface area contributed by atoms with Crippen molar-refractivity contribution in [1.29, 1.82) is 0 Å². The largest absolute Gasteiger partial charge is 0.393 e. The van der Waals surface area contributed by atoms with Crippen LogP contribution >= 0.6 is 0 Å². The van der Waals surface area contributed by atoms with E-state index < -0.39 is 23.9 Å². The van der Waals surface area contributed by atoms with Gasteiger partial charge in [0.25, 0.3) is 0 Å². The molecule has 3 fully saturated rings. The standard InChI is InChI=1S/C30H48O5/c1-26(2)21-14-19(31)24-23(28(21,5)12-11-22(26)33)20(32)15-30(7)17(10-13-29(24,30)6)16-8-9-18(25(16)34)27(3,4)35/h16-18,20-22,25,32-35H,8-15H2,1-7H3/t16-,17+,18-,20-,21?,22-,25+,28+,29+,30-/m1/s1. The number of ketones is 1. The molecule has 5 aliphatic rings. The second kappa shape index (κ2) is 7.65. The molecule has 198 valence electrons. The molecule has 1 unspecified atom stereocenters. The van der Waals surface area contributed by atoms with Gasteiger partial charge in [-0.15, -0.1) is 0 Å². The minimum atomic E-state index is -0.917. The van der Waals surface area contributed by atoms with Crippen molar-refractivity contribution in [2.45, 2.75) is 124 Å². The normalized spacial score (nSPS) is 51.7. The molecule has 35 heavy (non-hydrogen) atoms. The number of aliphatic hydroxyl groups is 4. The number of fused-ring (bicyclic) bond motifs is 4. The summed E-state index contributed by atoms with van der Waals surface area (Å²) in [7, 11) is 0. The maximum Gasteiger partial charge on any atom is 0.159 e. The van der Waals surface area contributed by atoms with Crippen LogP contribution in [0.1, 0.15) is 99.8 Å². The lowest BCUT2D eigenvalue weighted by molar-refractivity contribution is -0.138. The van der Waals surface area contributed by atoms with E-state index in [9.17, 15) is 25.2 Å². The summed E-state index contributed by atoms with van der Waals surface area (Å²) in [5.74, 6) is 0.339. The molecular formula is C30H48O5. The lowest BCUT2D eigenvalue weighted by Crippen LogP contribution is -2.60. The number of carbonyl (C=O) groups excluding carboxylic acids is 1. The third-order valence-electron chi connectivity index (χ3n) is 12.6. The van der Waals surface area contributed by atoms with E-state index in [2.05, 4.69) is 34.6 Å². The van der Waals surface area contributed by atoms with Gasteiger partial charge in [-0.05, 0) is 98.4 Å². The quantitative estimate of drug-likeness (QED) is 0.462. The zero-order chi connectivity index (χ0) is 25.9. The first kappa shape index (κ1) is 25.9. The van der Waals surface area contributed by atoms with E-state index in [1.807, 2.05) is 0 Å². The van der Waals surface area contributed by atoms with Gasteiger partial charge in [0.1, 0.15) is 0 Å². The van der Waals surface area contributed by atoms with Crippen molar-refractivity contribution in [3.05, 3.63) is 11.1 Å². The number of aliphatic hydroxyl groups excluding tert-OH is 3. The lowest BCUT2D eigenvalue weighted by Gasteiger charge is -2.62. The van der Waals surface area contributed by atoms with E-state index in [0.29, 0.717) is 19.3 Å². The Bertz CT molecular complexity index is 945. The third-order valence-corrected chi connectivity index (χ3v) is 12.6. The average Bonchev–Trinajstić information content (AvgIpc) is 3.24. The molecule has 0 aromatic carbocycles. The van der Waals surface area contributed by atoms with E-state index in [1.165, 1.54) is 0 Å². The van der Waals surface area contributed by atoms with Gasteiger partial charge in [-0.1, -0.05) is 34.6 Å². The SMILES string of the molecule is CC(C)(O)[C@@H]1CC[C@H]([C@@H]2CC[C@@]3(C)C4=C([C@H](O)C[C@]23C)[C@@]2(C)CC[C@@H](O)C(C)(C)C2CC4=O)[C@@H]1O. The zero-order valence-corrected chi connectivity index (χ0v) is 22.9. The van der Waals surface area contributed by atoms with Crippen LogP contribution in [0.3, 0.4) is 0 Å². The highest BCUT2D eigenvalue weighted by Gasteiger charge is 2.68. The Labute approximate surface area is 211 Å². The van der Waals surface area contributed by atoms with Crippen LogP contribution in [0.15, 0.2) is 11.1 Å². The molecule has 5 aliphatic carbocycles. The second-order valence-electron chi connectivity index (χ2n) is 14.9. The first-order chi connectivity index (χ1) is 16.0. The summed E-state index contributed by atoms with van der Waals surface area (Å²) in [6.45, 7) is 14.5. The lowest BCUT2D eigenvalue weighted by atomic mass is 9.42. The third kappa shape index (κ3) is 3.23. The number of carbonyl (C=O) groups is 1. The number of hydrogen-bond donors (Lipinski definition) is 4. The molecule has 0 aromatic heterocycles. The molecule has 5 rings (SSSR count). The molecule has 3 saturated carbocycles. The zero-order valence-electron chi connectivity index (χ0n) is 22.9. The molecule has 0 heterocycles. The van der Waals surface area contributed by atoms with Gasteiger partial charge in [0, 0.05) is 23.3 Å². The summed E-state index contributed by atoms with van der Waals surface area (Å²) in [6.07, 6.45) is 4.42. The average molecular weight is 489 g/mol. The van der Waals surface area contributed by atoms with Gasteiger partial charge in [-0.2, -0.15) is 0 Å². The molecule has 0 spiro atoms. The van der Waals surface area contributed by atoms with Crippen LogP contribution < -0.4 is 0 Å². The van der Waals surface area contributed by atoms with Crippen molar-refractivity contribution in [1.82, 2.24) is 0 Å². The maximum absolute atomic E-state index is 14.0. The molecule has 0 aliphatic heterocycles. The number of hydrogen-bond acceptors (Lipinski definition) is 5. The smallest absolute Gasteiger partial charge is 0.159 e. The fraction of sp³-hybridized carbons (Fsp3) is 0.900. The predicted octanol–water partition coefficient (Wildman–Crippen LogP) is 4.40. The highest BCUT2D eigenvalue weighted by Crippen LogP contribution is 2.72. The van der Waals surface area contributed by atoms with Crippen LogP contribution in [0.4, 0.5) is 0 Å². The van der Waals surface area contributed by atoms with E-state index in [1.54, 1.807) is 13.8 Å². The fourth-order valence-electron chi connectivity index (χ4n) is 10.4. The Hall–Kier alpha value is -0.750. The topological polar surface area (TPSA) is 98.0 Å². The number of rotatable bonds is 2. The Morgan fingerprint density at radius 1 is 0.914 bits per heavy atom. The highest BCUT2D eigenvalue weighted by atomic mass is 16.3. The summed E-state index contributed by atoms with van der Waals surface area (Å²) in [5.41, 5.74) is -0.328. The van der Waals surface area contributed by atoms with Crippen LogP contribution in [0.2, 0.25) is 0 Å². The van der Waals surface area contributed by atoms with E-state index in [0.717, 1.165) is 43.3 Å². The summed E-state index contributed by atoms with van der Waals surface area (Å²) >= 11 is 0. The fourth-order valence-corrected chi connectivity index (χ4v) is 10.4. The van der Waals surface area contributed by atoms with Gasteiger partial charge in [0.15, 0.2) is 5.78 Å². The monoisotopic (exact) mass is 488 g/mol.